The van der Waals surface area contributed by atoms with Crippen LogP contribution < -0.4 is 0 Å². The van der Waals surface area contributed by atoms with Crippen molar-refractivity contribution in [3.8, 4) is 0 Å². The van der Waals surface area contributed by atoms with Crippen molar-refractivity contribution in [3.05, 3.63) is 65.2 Å². The zero-order chi connectivity index (χ0) is 21.6. The molecule has 0 atom stereocenters. The highest BCUT2D eigenvalue weighted by atomic mass is 32.2. The fraction of sp³-hybridized carbons (Fsp3) is 0.435. The molecule has 0 bridgehead atoms. The largest absolute Gasteiger partial charge is 0.379 e. The number of amides is 1. The zero-order valence-electron chi connectivity index (χ0n) is 17.7. The molecule has 0 aromatic heterocycles. The molecule has 1 aliphatic rings. The summed E-state index contributed by atoms with van der Waals surface area (Å²) in [6.07, 6.45) is 1.34. The zero-order valence-corrected chi connectivity index (χ0v) is 18.5. The number of carbonyl (C=O) groups excluding carboxylic acids is 1. The van der Waals surface area contributed by atoms with E-state index in [1.54, 1.807) is 23.1 Å². The van der Waals surface area contributed by atoms with Crippen molar-refractivity contribution in [2.75, 3.05) is 39.4 Å². The number of nitrogens with zero attached hydrogens (tertiary/aromatic N) is 2. The molecule has 162 valence electrons. The monoisotopic (exact) mass is 430 g/mol. The third-order valence-corrected chi connectivity index (χ3v) is 7.45. The number of hydrogen-bond donors (Lipinski definition) is 0. The van der Waals surface area contributed by atoms with Crippen LogP contribution in [0.1, 0.15) is 35.3 Å². The Labute approximate surface area is 179 Å². The van der Waals surface area contributed by atoms with Crippen molar-refractivity contribution in [2.45, 2.75) is 31.6 Å². The maximum absolute atomic E-state index is 13.2. The maximum Gasteiger partial charge on any atom is 0.253 e. The Balaban J connectivity index is 1.84. The number of ether oxygens (including phenoxy) is 1. The standard InChI is InChI=1S/C23H30N2O4S/c1-3-20-10-11-21(18-22(20)30(27,28)25-14-16-29-17-15-25)23(26)24(4-2)13-12-19-8-6-5-7-9-19/h5-11,18H,3-4,12-17H2,1-2H3. The molecule has 0 unspecified atom stereocenters. The van der Waals surface area contributed by atoms with Gasteiger partial charge in [-0.25, -0.2) is 8.42 Å². The number of rotatable bonds is 8. The van der Waals surface area contributed by atoms with Gasteiger partial charge in [0.05, 0.1) is 18.1 Å². The fourth-order valence-corrected chi connectivity index (χ4v) is 5.37. The number of sulfonamides is 1. The average Bonchev–Trinajstić information content (AvgIpc) is 2.80. The number of likely N-dealkylation sites (N-methyl/N-ethyl adjacent to an activating group) is 1. The van der Waals surface area contributed by atoms with Gasteiger partial charge in [-0.05, 0) is 43.0 Å². The van der Waals surface area contributed by atoms with E-state index in [-0.39, 0.29) is 10.8 Å². The summed E-state index contributed by atoms with van der Waals surface area (Å²) >= 11 is 0. The quantitative estimate of drug-likeness (QED) is 0.646. The minimum Gasteiger partial charge on any atom is -0.379 e. The topological polar surface area (TPSA) is 66.9 Å². The fourth-order valence-electron chi connectivity index (χ4n) is 3.64. The van der Waals surface area contributed by atoms with E-state index < -0.39 is 10.0 Å². The first-order chi connectivity index (χ1) is 14.5. The molecule has 1 heterocycles. The van der Waals surface area contributed by atoms with Crippen LogP contribution in [0.25, 0.3) is 0 Å². The summed E-state index contributed by atoms with van der Waals surface area (Å²) in [6.45, 7) is 6.46. The second-order valence-corrected chi connectivity index (χ2v) is 9.22. The number of hydrogen-bond acceptors (Lipinski definition) is 4. The van der Waals surface area contributed by atoms with Gasteiger partial charge in [-0.15, -0.1) is 0 Å². The van der Waals surface area contributed by atoms with E-state index in [0.717, 1.165) is 12.0 Å². The van der Waals surface area contributed by atoms with Crippen LogP contribution in [-0.2, 0) is 27.6 Å². The van der Waals surface area contributed by atoms with E-state index in [1.165, 1.54) is 9.87 Å². The van der Waals surface area contributed by atoms with Crippen LogP contribution in [-0.4, -0.2) is 62.9 Å². The van der Waals surface area contributed by atoms with E-state index in [9.17, 15) is 13.2 Å². The predicted molar refractivity (Wildman–Crippen MR) is 117 cm³/mol. The third-order valence-electron chi connectivity index (χ3n) is 5.47. The molecule has 0 aliphatic carbocycles. The molecule has 0 spiro atoms. The van der Waals surface area contributed by atoms with Gasteiger partial charge in [-0.2, -0.15) is 4.31 Å². The summed E-state index contributed by atoms with van der Waals surface area (Å²) in [7, 11) is -3.67. The van der Waals surface area contributed by atoms with Gasteiger partial charge < -0.3 is 9.64 Å². The molecule has 0 radical (unpaired) electrons. The summed E-state index contributed by atoms with van der Waals surface area (Å²) < 4.78 is 33.2. The van der Waals surface area contributed by atoms with Crippen LogP contribution in [0.4, 0.5) is 0 Å². The molecule has 7 heteroatoms. The summed E-state index contributed by atoms with van der Waals surface area (Å²) in [6, 6.07) is 15.1. The minimum absolute atomic E-state index is 0.144. The lowest BCUT2D eigenvalue weighted by Crippen LogP contribution is -2.41. The lowest BCUT2D eigenvalue weighted by Gasteiger charge is -2.27. The smallest absolute Gasteiger partial charge is 0.253 e. The van der Waals surface area contributed by atoms with E-state index >= 15 is 0 Å². The van der Waals surface area contributed by atoms with Gasteiger partial charge in [0.1, 0.15) is 0 Å². The highest BCUT2D eigenvalue weighted by Crippen LogP contribution is 2.24. The lowest BCUT2D eigenvalue weighted by molar-refractivity contribution is 0.0729. The van der Waals surface area contributed by atoms with Gasteiger partial charge in [-0.3, -0.25) is 4.79 Å². The molecule has 2 aromatic carbocycles. The van der Waals surface area contributed by atoms with E-state index in [2.05, 4.69) is 0 Å². The molecule has 3 rings (SSSR count). The predicted octanol–water partition coefficient (Wildman–Crippen LogP) is 2.97. The van der Waals surface area contributed by atoms with Crippen LogP contribution in [0.2, 0.25) is 0 Å². The van der Waals surface area contributed by atoms with Crippen LogP contribution >= 0.6 is 0 Å². The second kappa shape index (κ2) is 10.2. The number of benzene rings is 2. The number of morpholine rings is 1. The SMILES string of the molecule is CCc1ccc(C(=O)N(CC)CCc2ccccc2)cc1S(=O)(=O)N1CCOCC1. The van der Waals surface area contributed by atoms with Crippen LogP contribution in [0.5, 0.6) is 0 Å². The van der Waals surface area contributed by atoms with Crippen LogP contribution in [0.15, 0.2) is 53.4 Å². The van der Waals surface area contributed by atoms with Gasteiger partial charge in [0.2, 0.25) is 10.0 Å². The van der Waals surface area contributed by atoms with E-state index in [0.29, 0.717) is 51.4 Å². The lowest BCUT2D eigenvalue weighted by atomic mass is 10.1. The molecule has 1 fully saturated rings. The Bertz CT molecular complexity index is 954. The molecule has 0 saturated carbocycles. The first-order valence-electron chi connectivity index (χ1n) is 10.5. The van der Waals surface area contributed by atoms with Crippen LogP contribution in [0, 0.1) is 0 Å². The Morgan fingerprint density at radius 1 is 1.07 bits per heavy atom. The summed E-state index contributed by atoms with van der Waals surface area (Å²) in [5.74, 6) is -0.144. The highest BCUT2D eigenvalue weighted by molar-refractivity contribution is 7.89. The van der Waals surface area contributed by atoms with Crippen molar-refractivity contribution in [2.24, 2.45) is 0 Å². The summed E-state index contributed by atoms with van der Waals surface area (Å²) in [5.41, 5.74) is 2.31. The van der Waals surface area contributed by atoms with Crippen molar-refractivity contribution in [1.29, 1.82) is 0 Å². The summed E-state index contributed by atoms with van der Waals surface area (Å²) in [5, 5.41) is 0. The molecular weight excluding hydrogens is 400 g/mol. The van der Waals surface area contributed by atoms with Crippen molar-refractivity contribution < 1.29 is 17.9 Å². The number of aryl methyl sites for hydroxylation is 1. The highest BCUT2D eigenvalue weighted by Gasteiger charge is 2.29. The molecule has 30 heavy (non-hydrogen) atoms. The van der Waals surface area contributed by atoms with Gasteiger partial charge in [0.15, 0.2) is 0 Å². The molecule has 1 saturated heterocycles. The van der Waals surface area contributed by atoms with Crippen LogP contribution in [0.3, 0.4) is 0 Å². The Kier molecular flexibility index (Phi) is 7.64. The first-order valence-corrected chi connectivity index (χ1v) is 12.0. The molecule has 1 amide bonds. The van der Waals surface area contributed by atoms with Crippen molar-refractivity contribution >= 4 is 15.9 Å². The van der Waals surface area contributed by atoms with Gasteiger partial charge in [0, 0.05) is 31.7 Å². The Morgan fingerprint density at radius 3 is 2.40 bits per heavy atom. The third kappa shape index (κ3) is 5.09. The molecule has 2 aromatic rings. The average molecular weight is 431 g/mol. The minimum atomic E-state index is -3.67. The molecule has 0 N–H and O–H groups in total. The van der Waals surface area contributed by atoms with Gasteiger partial charge in [-0.1, -0.05) is 43.3 Å². The normalized spacial score (nSPS) is 15.1. The molecular formula is C23H30N2O4S. The maximum atomic E-state index is 13.2. The first kappa shape index (κ1) is 22.5. The van der Waals surface area contributed by atoms with Gasteiger partial charge in [0.25, 0.3) is 5.91 Å². The Morgan fingerprint density at radius 2 is 1.77 bits per heavy atom. The molecule has 6 nitrogen and oxygen atoms in total. The van der Waals surface area contributed by atoms with Gasteiger partial charge >= 0.3 is 0 Å². The molecule has 1 aliphatic heterocycles. The number of carbonyl (C=O) groups is 1. The summed E-state index contributed by atoms with van der Waals surface area (Å²) in [4.78, 5) is 15.1. The van der Waals surface area contributed by atoms with Crippen molar-refractivity contribution in [3.63, 3.8) is 0 Å². The van der Waals surface area contributed by atoms with E-state index in [4.69, 9.17) is 4.74 Å². The Hall–Kier alpha value is -2.22. The van der Waals surface area contributed by atoms with Crippen molar-refractivity contribution in [1.82, 2.24) is 9.21 Å². The second-order valence-electron chi connectivity index (χ2n) is 7.31. The van der Waals surface area contributed by atoms with E-state index in [1.807, 2.05) is 44.2 Å².